The van der Waals surface area contributed by atoms with E-state index in [0.717, 1.165) is 12.8 Å². The molecular weight excluding hydrogens is 226 g/mol. The highest BCUT2D eigenvalue weighted by molar-refractivity contribution is 5.69. The third kappa shape index (κ3) is 2.66. The van der Waals surface area contributed by atoms with Crippen LogP contribution < -0.4 is 5.32 Å². The van der Waals surface area contributed by atoms with E-state index in [1.807, 2.05) is 32.9 Å². The molecule has 0 fully saturated rings. The second-order valence-electron chi connectivity index (χ2n) is 6.12. The van der Waals surface area contributed by atoms with Crippen LogP contribution in [0, 0.1) is 0 Å². The van der Waals surface area contributed by atoms with Gasteiger partial charge in [0.25, 0.3) is 0 Å². The van der Waals surface area contributed by atoms with Gasteiger partial charge in [-0.05, 0) is 51.7 Å². The Morgan fingerprint density at radius 1 is 1.33 bits per heavy atom. The minimum absolute atomic E-state index is 0.307. The van der Waals surface area contributed by atoms with E-state index in [1.165, 1.54) is 11.1 Å². The van der Waals surface area contributed by atoms with Gasteiger partial charge in [0.2, 0.25) is 0 Å². The molecule has 1 aromatic carbocycles. The van der Waals surface area contributed by atoms with Crippen molar-refractivity contribution in [3.8, 4) is 0 Å². The van der Waals surface area contributed by atoms with Crippen molar-refractivity contribution >= 4 is 6.09 Å². The summed E-state index contributed by atoms with van der Waals surface area (Å²) in [7, 11) is 0. The molecule has 0 radical (unpaired) electrons. The van der Waals surface area contributed by atoms with Crippen molar-refractivity contribution in [1.82, 2.24) is 5.32 Å². The van der Waals surface area contributed by atoms with Gasteiger partial charge in [0.1, 0.15) is 5.60 Å². The summed E-state index contributed by atoms with van der Waals surface area (Å²) in [5.41, 5.74) is 1.75. The lowest BCUT2D eigenvalue weighted by Gasteiger charge is -2.29. The smallest absolute Gasteiger partial charge is 0.408 e. The summed E-state index contributed by atoms with van der Waals surface area (Å²) < 4.78 is 5.33. The third-order valence-electron chi connectivity index (χ3n) is 3.28. The molecule has 3 nitrogen and oxygen atoms in total. The first-order valence-corrected chi connectivity index (χ1v) is 6.40. The van der Waals surface area contributed by atoms with Crippen LogP contribution in [-0.2, 0) is 16.7 Å². The number of rotatable bonds is 1. The molecule has 1 N–H and O–H groups in total. The molecule has 18 heavy (non-hydrogen) atoms. The van der Waals surface area contributed by atoms with Gasteiger partial charge in [-0.3, -0.25) is 0 Å². The Morgan fingerprint density at radius 2 is 2.00 bits per heavy atom. The lowest BCUT2D eigenvalue weighted by atomic mass is 9.94. The molecule has 3 heteroatoms. The first-order valence-electron chi connectivity index (χ1n) is 6.40. The molecule has 2 rings (SSSR count). The van der Waals surface area contributed by atoms with Gasteiger partial charge in [-0.15, -0.1) is 0 Å². The maximum atomic E-state index is 11.9. The van der Waals surface area contributed by atoms with Gasteiger partial charge in [-0.25, -0.2) is 4.79 Å². The zero-order chi connectivity index (χ0) is 13.4. The van der Waals surface area contributed by atoms with Crippen LogP contribution in [-0.4, -0.2) is 11.7 Å². The van der Waals surface area contributed by atoms with Crippen molar-refractivity contribution in [3.05, 3.63) is 35.4 Å². The average molecular weight is 247 g/mol. The van der Waals surface area contributed by atoms with E-state index < -0.39 is 5.60 Å². The van der Waals surface area contributed by atoms with Crippen LogP contribution in [0.4, 0.5) is 4.79 Å². The number of amides is 1. The molecule has 1 amide bonds. The number of carbonyl (C=O) groups is 1. The molecule has 98 valence electrons. The molecule has 0 spiro atoms. The number of fused-ring (bicyclic) bond motifs is 1. The van der Waals surface area contributed by atoms with Crippen molar-refractivity contribution in [3.63, 3.8) is 0 Å². The van der Waals surface area contributed by atoms with Crippen LogP contribution >= 0.6 is 0 Å². The molecular formula is C15H21NO2. The standard InChI is InChI=1S/C15H21NO2/c1-14(2,3)18-13(17)16-15(4)10-9-11-7-5-6-8-12(11)15/h5-8H,9-10H2,1-4H3,(H,16,17)/t15-/m0/s1. The molecule has 0 bridgehead atoms. The van der Waals surface area contributed by atoms with Gasteiger partial charge in [0, 0.05) is 0 Å². The second kappa shape index (κ2) is 4.30. The van der Waals surface area contributed by atoms with E-state index in [9.17, 15) is 4.79 Å². The van der Waals surface area contributed by atoms with Gasteiger partial charge < -0.3 is 10.1 Å². The largest absolute Gasteiger partial charge is 0.444 e. The Balaban J connectivity index is 2.13. The summed E-state index contributed by atoms with van der Waals surface area (Å²) in [5, 5.41) is 3.01. The minimum Gasteiger partial charge on any atom is -0.444 e. The van der Waals surface area contributed by atoms with Crippen LogP contribution in [0.5, 0.6) is 0 Å². The van der Waals surface area contributed by atoms with Gasteiger partial charge in [-0.2, -0.15) is 0 Å². The van der Waals surface area contributed by atoms with Gasteiger partial charge in [0.05, 0.1) is 5.54 Å². The zero-order valence-corrected chi connectivity index (χ0v) is 11.5. The van der Waals surface area contributed by atoms with E-state index in [-0.39, 0.29) is 11.6 Å². The highest BCUT2D eigenvalue weighted by Gasteiger charge is 2.36. The van der Waals surface area contributed by atoms with Crippen molar-refractivity contribution in [1.29, 1.82) is 0 Å². The highest BCUT2D eigenvalue weighted by atomic mass is 16.6. The summed E-state index contributed by atoms with van der Waals surface area (Å²) in [6.45, 7) is 7.68. The second-order valence-corrected chi connectivity index (χ2v) is 6.12. The normalized spacial score (nSPS) is 22.4. The molecule has 0 aliphatic heterocycles. The number of alkyl carbamates (subject to hydrolysis) is 1. The first kappa shape index (κ1) is 12.9. The average Bonchev–Trinajstić information content (AvgIpc) is 2.54. The summed E-state index contributed by atoms with van der Waals surface area (Å²) in [6, 6.07) is 8.26. The highest BCUT2D eigenvalue weighted by Crippen LogP contribution is 2.36. The maximum absolute atomic E-state index is 11.9. The number of nitrogens with one attached hydrogen (secondary N) is 1. The van der Waals surface area contributed by atoms with E-state index in [4.69, 9.17) is 4.74 Å². The SMILES string of the molecule is CC(C)(C)OC(=O)N[C@@]1(C)CCc2ccccc21. The molecule has 1 aromatic rings. The van der Waals surface area contributed by atoms with E-state index in [2.05, 4.69) is 24.4 Å². The fourth-order valence-electron chi connectivity index (χ4n) is 2.45. The molecule has 0 saturated carbocycles. The topological polar surface area (TPSA) is 38.3 Å². The van der Waals surface area contributed by atoms with Crippen molar-refractivity contribution in [2.24, 2.45) is 0 Å². The van der Waals surface area contributed by atoms with Crippen molar-refractivity contribution in [2.75, 3.05) is 0 Å². The van der Waals surface area contributed by atoms with E-state index in [1.54, 1.807) is 0 Å². The van der Waals surface area contributed by atoms with E-state index >= 15 is 0 Å². The number of ether oxygens (including phenoxy) is 1. The quantitative estimate of drug-likeness (QED) is 0.826. The Hall–Kier alpha value is -1.51. The summed E-state index contributed by atoms with van der Waals surface area (Å²) in [4.78, 5) is 11.9. The van der Waals surface area contributed by atoms with E-state index in [0.29, 0.717) is 0 Å². The van der Waals surface area contributed by atoms with Crippen LogP contribution in [0.3, 0.4) is 0 Å². The zero-order valence-electron chi connectivity index (χ0n) is 11.5. The fraction of sp³-hybridized carbons (Fsp3) is 0.533. The summed E-state index contributed by atoms with van der Waals surface area (Å²) >= 11 is 0. The molecule has 0 aromatic heterocycles. The molecule has 1 aliphatic rings. The Kier molecular flexibility index (Phi) is 3.09. The molecule has 1 aliphatic carbocycles. The third-order valence-corrected chi connectivity index (χ3v) is 3.28. The van der Waals surface area contributed by atoms with Crippen molar-refractivity contribution in [2.45, 2.75) is 51.7 Å². The number of hydrogen-bond donors (Lipinski definition) is 1. The van der Waals surface area contributed by atoms with Crippen LogP contribution in [0.1, 0.15) is 45.2 Å². The van der Waals surface area contributed by atoms with Gasteiger partial charge in [-0.1, -0.05) is 24.3 Å². The molecule has 0 unspecified atom stereocenters. The fourth-order valence-corrected chi connectivity index (χ4v) is 2.45. The predicted molar refractivity (Wildman–Crippen MR) is 71.5 cm³/mol. The van der Waals surface area contributed by atoms with Crippen LogP contribution in [0.25, 0.3) is 0 Å². The Bertz CT molecular complexity index is 462. The lowest BCUT2D eigenvalue weighted by Crippen LogP contribution is -2.44. The number of hydrogen-bond acceptors (Lipinski definition) is 2. The Morgan fingerprint density at radius 3 is 2.67 bits per heavy atom. The first-order chi connectivity index (χ1) is 8.30. The van der Waals surface area contributed by atoms with Crippen LogP contribution in [0.15, 0.2) is 24.3 Å². The Labute approximate surface area is 109 Å². The summed E-state index contributed by atoms with van der Waals surface area (Å²) in [6.07, 6.45) is 1.58. The van der Waals surface area contributed by atoms with Crippen molar-refractivity contribution < 1.29 is 9.53 Å². The number of carbonyl (C=O) groups excluding carboxylic acids is 1. The van der Waals surface area contributed by atoms with Gasteiger partial charge >= 0.3 is 6.09 Å². The summed E-state index contributed by atoms with van der Waals surface area (Å²) in [5.74, 6) is 0. The number of aryl methyl sites for hydroxylation is 1. The predicted octanol–water partition coefficient (Wildman–Crippen LogP) is 3.37. The lowest BCUT2D eigenvalue weighted by molar-refractivity contribution is 0.0461. The van der Waals surface area contributed by atoms with Gasteiger partial charge in [0.15, 0.2) is 0 Å². The minimum atomic E-state index is -0.460. The molecule has 0 saturated heterocycles. The number of benzene rings is 1. The molecule has 1 atom stereocenters. The van der Waals surface area contributed by atoms with Crippen LogP contribution in [0.2, 0.25) is 0 Å². The molecule has 0 heterocycles. The monoisotopic (exact) mass is 247 g/mol. The maximum Gasteiger partial charge on any atom is 0.408 e.